The van der Waals surface area contributed by atoms with E-state index in [-0.39, 0.29) is 35.7 Å². The maximum absolute atomic E-state index is 13.5. The normalized spacial score (nSPS) is 25.7. The van der Waals surface area contributed by atoms with Crippen molar-refractivity contribution in [1.82, 2.24) is 4.90 Å². The lowest BCUT2D eigenvalue weighted by Crippen LogP contribution is -2.35. The van der Waals surface area contributed by atoms with Crippen molar-refractivity contribution in [3.05, 3.63) is 95.6 Å². The van der Waals surface area contributed by atoms with Gasteiger partial charge < -0.3 is 9.64 Å². The van der Waals surface area contributed by atoms with Crippen LogP contribution in [0.4, 0.5) is 5.69 Å². The number of ether oxygens (including phenoxy) is 1. The van der Waals surface area contributed by atoms with E-state index in [9.17, 15) is 9.59 Å². The van der Waals surface area contributed by atoms with Gasteiger partial charge in [-0.1, -0.05) is 54.6 Å². The zero-order valence-corrected chi connectivity index (χ0v) is 17.1. The number of amides is 2. The third kappa shape index (κ3) is 2.49. The molecule has 0 aromatic heterocycles. The van der Waals surface area contributed by atoms with E-state index >= 15 is 0 Å². The number of hydrogen-bond acceptors (Lipinski definition) is 4. The summed E-state index contributed by atoms with van der Waals surface area (Å²) in [5.74, 6) is -0.0237. The van der Waals surface area contributed by atoms with Crippen LogP contribution < -0.4 is 9.64 Å². The minimum atomic E-state index is -0.349. The van der Waals surface area contributed by atoms with Crippen molar-refractivity contribution in [1.29, 1.82) is 0 Å². The number of likely N-dealkylation sites (tertiary alicyclic amines) is 1. The van der Waals surface area contributed by atoms with Crippen LogP contribution in [0.25, 0.3) is 0 Å². The fourth-order valence-corrected chi connectivity index (χ4v) is 5.69. The molecule has 3 aliphatic rings. The second-order valence-corrected chi connectivity index (χ2v) is 8.42. The van der Waals surface area contributed by atoms with Crippen molar-refractivity contribution in [2.24, 2.45) is 11.8 Å². The fourth-order valence-electron chi connectivity index (χ4n) is 5.69. The highest BCUT2D eigenvalue weighted by atomic mass is 16.5. The van der Waals surface area contributed by atoms with Crippen LogP contribution in [0.2, 0.25) is 0 Å². The zero-order valence-electron chi connectivity index (χ0n) is 17.1. The van der Waals surface area contributed by atoms with Gasteiger partial charge in [-0.25, -0.2) is 0 Å². The van der Waals surface area contributed by atoms with Crippen molar-refractivity contribution >= 4 is 17.5 Å². The molecule has 0 aliphatic carbocycles. The molecular weight excluding hydrogens is 388 g/mol. The predicted molar refractivity (Wildman–Crippen MR) is 116 cm³/mol. The SMILES string of the molecule is COc1ccc(N2C3c4ccccc4C2C2C(=O)N(Cc4ccccc4)C(=O)C23)cc1. The average Bonchev–Trinajstić information content (AvgIpc) is 3.42. The molecule has 4 unspecified atom stereocenters. The smallest absolute Gasteiger partial charge is 0.235 e. The van der Waals surface area contributed by atoms with Gasteiger partial charge in [-0.05, 0) is 41.0 Å². The van der Waals surface area contributed by atoms with Gasteiger partial charge >= 0.3 is 0 Å². The molecule has 3 aromatic carbocycles. The summed E-state index contributed by atoms with van der Waals surface area (Å²) in [6.45, 7) is 0.337. The Bertz CT molecular complexity index is 1130. The van der Waals surface area contributed by atoms with Crippen LogP contribution in [0.3, 0.4) is 0 Å². The van der Waals surface area contributed by atoms with Gasteiger partial charge in [-0.15, -0.1) is 0 Å². The van der Waals surface area contributed by atoms with Crippen LogP contribution in [0.5, 0.6) is 5.75 Å². The molecule has 5 heteroatoms. The van der Waals surface area contributed by atoms with Crippen molar-refractivity contribution in [2.45, 2.75) is 18.6 Å². The highest BCUT2D eigenvalue weighted by Gasteiger charge is 2.66. The fraction of sp³-hybridized carbons (Fsp3) is 0.231. The van der Waals surface area contributed by atoms with Crippen LogP contribution in [-0.4, -0.2) is 23.8 Å². The first-order valence-electron chi connectivity index (χ1n) is 10.6. The number of fused-ring (bicyclic) bond motifs is 8. The Kier molecular flexibility index (Phi) is 3.93. The third-order valence-corrected chi connectivity index (χ3v) is 6.96. The van der Waals surface area contributed by atoms with Crippen LogP contribution in [-0.2, 0) is 16.1 Å². The number of carbonyl (C=O) groups is 2. The minimum absolute atomic E-state index is 0.0561. The number of rotatable bonds is 4. The summed E-state index contributed by atoms with van der Waals surface area (Å²) in [7, 11) is 1.65. The monoisotopic (exact) mass is 410 g/mol. The molecule has 0 radical (unpaired) electrons. The standard InChI is InChI=1S/C26H22N2O3/c1-31-18-13-11-17(12-14-18)28-23-19-9-5-6-10-20(19)24(28)22-21(23)25(29)27(26(22)30)15-16-7-3-2-4-8-16/h2-14,21-24H,15H2,1H3. The number of anilines is 1. The van der Waals surface area contributed by atoms with Gasteiger partial charge in [0.1, 0.15) is 5.75 Å². The van der Waals surface area contributed by atoms with Gasteiger partial charge in [0, 0.05) is 5.69 Å². The molecule has 0 N–H and O–H groups in total. The van der Waals surface area contributed by atoms with E-state index in [1.54, 1.807) is 7.11 Å². The minimum Gasteiger partial charge on any atom is -0.497 e. The van der Waals surface area contributed by atoms with Gasteiger partial charge in [-0.3, -0.25) is 14.5 Å². The summed E-state index contributed by atoms with van der Waals surface area (Å²) in [5, 5.41) is 0. The average molecular weight is 410 g/mol. The Morgan fingerprint density at radius 3 is 1.84 bits per heavy atom. The first-order chi connectivity index (χ1) is 15.2. The molecule has 0 saturated carbocycles. The molecular formula is C26H22N2O3. The number of carbonyl (C=O) groups excluding carboxylic acids is 2. The number of nitrogens with zero attached hydrogens (tertiary/aromatic N) is 2. The summed E-state index contributed by atoms with van der Waals surface area (Å²) in [5.41, 5.74) is 4.30. The molecule has 3 aliphatic heterocycles. The molecule has 2 amide bonds. The van der Waals surface area contributed by atoms with Crippen molar-refractivity contribution in [3.8, 4) is 5.75 Å². The number of methoxy groups -OCH3 is 1. The molecule has 2 saturated heterocycles. The summed E-state index contributed by atoms with van der Waals surface area (Å²) in [6.07, 6.45) is 0. The summed E-state index contributed by atoms with van der Waals surface area (Å²) in [6, 6.07) is 25.6. The van der Waals surface area contributed by atoms with Crippen molar-refractivity contribution < 1.29 is 14.3 Å². The lowest BCUT2D eigenvalue weighted by Gasteiger charge is -2.29. The van der Waals surface area contributed by atoms with Crippen LogP contribution in [0.15, 0.2) is 78.9 Å². The Balaban J connectivity index is 1.41. The van der Waals surface area contributed by atoms with Crippen LogP contribution >= 0.6 is 0 Å². The Morgan fingerprint density at radius 2 is 1.29 bits per heavy atom. The first kappa shape index (κ1) is 18.2. The van der Waals surface area contributed by atoms with E-state index in [2.05, 4.69) is 17.0 Å². The number of hydrogen-bond donors (Lipinski definition) is 0. The van der Waals surface area contributed by atoms with E-state index in [1.165, 1.54) is 4.90 Å². The lowest BCUT2D eigenvalue weighted by atomic mass is 9.77. The summed E-state index contributed by atoms with van der Waals surface area (Å²) in [4.78, 5) is 30.8. The van der Waals surface area contributed by atoms with Gasteiger partial charge in [0.15, 0.2) is 0 Å². The quantitative estimate of drug-likeness (QED) is 0.608. The van der Waals surface area contributed by atoms with E-state index in [4.69, 9.17) is 4.74 Å². The van der Waals surface area contributed by atoms with Gasteiger partial charge in [0.05, 0.1) is 37.6 Å². The topological polar surface area (TPSA) is 49.9 Å². The van der Waals surface area contributed by atoms with E-state index in [1.807, 2.05) is 66.7 Å². The van der Waals surface area contributed by atoms with Gasteiger partial charge in [-0.2, -0.15) is 0 Å². The lowest BCUT2D eigenvalue weighted by molar-refractivity contribution is -0.141. The largest absolute Gasteiger partial charge is 0.497 e. The maximum Gasteiger partial charge on any atom is 0.235 e. The first-order valence-corrected chi connectivity index (χ1v) is 10.6. The highest BCUT2D eigenvalue weighted by Crippen LogP contribution is 2.63. The second kappa shape index (κ2) is 6.71. The molecule has 2 bridgehead atoms. The maximum atomic E-state index is 13.5. The van der Waals surface area contributed by atoms with Gasteiger partial charge in [0.25, 0.3) is 0 Å². The summed E-state index contributed by atoms with van der Waals surface area (Å²) < 4.78 is 5.31. The van der Waals surface area contributed by atoms with Crippen molar-refractivity contribution in [3.63, 3.8) is 0 Å². The molecule has 3 heterocycles. The van der Waals surface area contributed by atoms with Crippen LogP contribution in [0, 0.1) is 11.8 Å². The Labute approximate surface area is 180 Å². The number of imide groups is 1. The molecule has 6 rings (SSSR count). The van der Waals surface area contributed by atoms with Gasteiger partial charge in [0.2, 0.25) is 11.8 Å². The molecule has 154 valence electrons. The molecule has 4 atom stereocenters. The second-order valence-electron chi connectivity index (χ2n) is 8.42. The molecule has 3 aromatic rings. The Hall–Kier alpha value is -3.60. The molecule has 31 heavy (non-hydrogen) atoms. The van der Waals surface area contributed by atoms with E-state index < -0.39 is 0 Å². The zero-order chi connectivity index (χ0) is 21.1. The Morgan fingerprint density at radius 1 is 0.742 bits per heavy atom. The molecule has 0 spiro atoms. The third-order valence-electron chi connectivity index (χ3n) is 6.96. The van der Waals surface area contributed by atoms with Crippen LogP contribution in [0.1, 0.15) is 28.8 Å². The van der Waals surface area contributed by atoms with E-state index in [0.29, 0.717) is 6.54 Å². The van der Waals surface area contributed by atoms with Crippen molar-refractivity contribution in [2.75, 3.05) is 12.0 Å². The predicted octanol–water partition coefficient (Wildman–Crippen LogP) is 4.11. The number of benzene rings is 3. The molecule has 5 nitrogen and oxygen atoms in total. The highest BCUT2D eigenvalue weighted by molar-refractivity contribution is 6.08. The molecule has 2 fully saturated rings. The van der Waals surface area contributed by atoms with E-state index in [0.717, 1.165) is 28.1 Å². The summed E-state index contributed by atoms with van der Waals surface area (Å²) >= 11 is 0.